The number of aromatic nitrogens is 2. The van der Waals surface area contributed by atoms with E-state index < -0.39 is 11.5 Å². The summed E-state index contributed by atoms with van der Waals surface area (Å²) >= 11 is 0. The van der Waals surface area contributed by atoms with Crippen molar-refractivity contribution in [1.29, 1.82) is 0 Å². The van der Waals surface area contributed by atoms with Crippen molar-refractivity contribution in [2.24, 2.45) is 9.98 Å². The molecule has 206 valence electrons. The van der Waals surface area contributed by atoms with Gasteiger partial charge in [-0.15, -0.1) is 0 Å². The smallest absolute Gasteiger partial charge is 0.330 e. The number of ether oxygens (including phenoxy) is 2. The average Bonchev–Trinajstić information content (AvgIpc) is 2.90. The molecular formula is C28H34N6O5. The third-order valence-corrected chi connectivity index (χ3v) is 6.86. The van der Waals surface area contributed by atoms with E-state index in [2.05, 4.69) is 22.4 Å². The van der Waals surface area contributed by atoms with Crippen LogP contribution in [0.15, 0.2) is 45.1 Å². The number of methoxy groups -OCH3 is 2. The molecular weight excluding hydrogens is 500 g/mol. The number of benzene rings is 2. The molecule has 11 heteroatoms. The molecule has 0 saturated heterocycles. The zero-order valence-electron chi connectivity index (χ0n) is 23.2. The van der Waals surface area contributed by atoms with Crippen LogP contribution in [0.3, 0.4) is 0 Å². The zero-order chi connectivity index (χ0) is 28.3. The lowest BCUT2D eigenvalue weighted by molar-refractivity contribution is -0.463. The lowest BCUT2D eigenvalue weighted by atomic mass is 9.97. The Hall–Kier alpha value is -4.41. The van der Waals surface area contributed by atoms with Gasteiger partial charge in [0.2, 0.25) is 0 Å². The maximum absolute atomic E-state index is 13.9. The van der Waals surface area contributed by atoms with Gasteiger partial charge in [0, 0.05) is 43.2 Å². The first-order valence-electron chi connectivity index (χ1n) is 12.7. The summed E-state index contributed by atoms with van der Waals surface area (Å²) in [6.07, 6.45) is 0.656. The fraction of sp³-hybridized carbons (Fsp3) is 0.393. The summed E-state index contributed by atoms with van der Waals surface area (Å²) in [4.78, 5) is 33.3. The predicted molar refractivity (Wildman–Crippen MR) is 150 cm³/mol. The van der Waals surface area contributed by atoms with Crippen molar-refractivity contribution < 1.29 is 14.4 Å². The Morgan fingerprint density at radius 1 is 1.08 bits per heavy atom. The van der Waals surface area contributed by atoms with Crippen molar-refractivity contribution in [3.05, 3.63) is 78.7 Å². The van der Waals surface area contributed by atoms with Crippen molar-refractivity contribution in [2.45, 2.75) is 40.3 Å². The molecule has 0 amide bonds. The van der Waals surface area contributed by atoms with E-state index in [1.807, 2.05) is 39.0 Å². The summed E-state index contributed by atoms with van der Waals surface area (Å²) < 4.78 is 14.4. The van der Waals surface area contributed by atoms with Crippen LogP contribution in [0.5, 0.6) is 11.5 Å². The van der Waals surface area contributed by atoms with E-state index in [-0.39, 0.29) is 24.6 Å². The van der Waals surface area contributed by atoms with Gasteiger partial charge in [-0.3, -0.25) is 24.2 Å². The van der Waals surface area contributed by atoms with Crippen molar-refractivity contribution in [1.82, 2.24) is 14.5 Å². The van der Waals surface area contributed by atoms with E-state index >= 15 is 0 Å². The van der Waals surface area contributed by atoms with Gasteiger partial charge in [0.05, 0.1) is 25.6 Å². The summed E-state index contributed by atoms with van der Waals surface area (Å²) in [7, 11) is 4.69. The largest absolute Gasteiger partial charge is 0.493 e. The van der Waals surface area contributed by atoms with Gasteiger partial charge in [0.25, 0.3) is 6.54 Å². The van der Waals surface area contributed by atoms with Crippen LogP contribution in [0.1, 0.15) is 22.3 Å². The van der Waals surface area contributed by atoms with Gasteiger partial charge in [0.15, 0.2) is 17.3 Å². The summed E-state index contributed by atoms with van der Waals surface area (Å²) in [5.41, 5.74) is 6.94. The molecule has 2 aromatic carbocycles. The maximum Gasteiger partial charge on any atom is 0.330 e. The molecule has 0 saturated carbocycles. The van der Waals surface area contributed by atoms with Crippen LogP contribution in [-0.2, 0) is 19.5 Å². The summed E-state index contributed by atoms with van der Waals surface area (Å²) in [6.45, 7) is 6.65. The Bertz CT molecular complexity index is 1560. The molecule has 1 aliphatic rings. The van der Waals surface area contributed by atoms with E-state index in [1.165, 1.54) is 7.05 Å². The van der Waals surface area contributed by atoms with Crippen LogP contribution >= 0.6 is 0 Å². The highest BCUT2D eigenvalue weighted by Crippen LogP contribution is 2.37. The molecule has 1 aliphatic heterocycles. The molecule has 0 fully saturated rings. The fourth-order valence-corrected chi connectivity index (χ4v) is 5.07. The summed E-state index contributed by atoms with van der Waals surface area (Å²) in [5, 5.41) is 13.9. The third-order valence-electron chi connectivity index (χ3n) is 6.86. The molecule has 0 aliphatic carbocycles. The number of aliphatic imine (C=N–C) groups is 1. The van der Waals surface area contributed by atoms with Crippen molar-refractivity contribution in [3.63, 3.8) is 0 Å². The van der Waals surface area contributed by atoms with E-state index in [0.717, 1.165) is 39.2 Å². The van der Waals surface area contributed by atoms with Gasteiger partial charge in [-0.1, -0.05) is 17.7 Å². The molecule has 0 spiro atoms. The number of fused-ring (bicyclic) bond motifs is 3. The van der Waals surface area contributed by atoms with E-state index in [0.29, 0.717) is 30.0 Å². The highest BCUT2D eigenvalue weighted by Gasteiger charge is 2.22. The van der Waals surface area contributed by atoms with Gasteiger partial charge < -0.3 is 14.8 Å². The molecule has 0 atom stereocenters. The van der Waals surface area contributed by atoms with Gasteiger partial charge >= 0.3 is 5.69 Å². The van der Waals surface area contributed by atoms with E-state index in [1.54, 1.807) is 23.4 Å². The number of hydrogen-bond acceptors (Lipinski definition) is 7. The number of hydrogen-bond donors (Lipinski definition) is 1. The molecule has 1 aromatic heterocycles. The van der Waals surface area contributed by atoms with E-state index in [4.69, 9.17) is 14.5 Å². The quantitative estimate of drug-likeness (QED) is 0.205. The van der Waals surface area contributed by atoms with Crippen LogP contribution in [0.25, 0.3) is 11.3 Å². The zero-order valence-corrected chi connectivity index (χ0v) is 23.2. The number of amidine groups is 1. The predicted octanol–water partition coefficient (Wildman–Crippen LogP) is 2.94. The number of nitrogens with one attached hydrogen (secondary N) is 1. The van der Waals surface area contributed by atoms with Gasteiger partial charge in [0.1, 0.15) is 5.49 Å². The van der Waals surface area contributed by atoms with Crippen molar-refractivity contribution in [2.75, 3.05) is 34.4 Å². The Morgan fingerprint density at radius 2 is 1.74 bits per heavy atom. The number of aryl methyl sites for hydroxylation is 4. The Labute approximate surface area is 226 Å². The minimum Gasteiger partial charge on any atom is -0.493 e. The van der Waals surface area contributed by atoms with Crippen LogP contribution in [0.2, 0.25) is 0 Å². The Morgan fingerprint density at radius 3 is 2.36 bits per heavy atom. The maximum atomic E-state index is 13.9. The topological polar surface area (TPSA) is 125 Å². The second-order valence-electron chi connectivity index (χ2n) is 9.54. The Kier molecular flexibility index (Phi) is 8.18. The highest BCUT2D eigenvalue weighted by molar-refractivity contribution is 5.83. The Balaban J connectivity index is 1.89. The molecule has 2 heterocycles. The minimum atomic E-state index is -0.444. The first kappa shape index (κ1) is 27.6. The normalized spacial score (nSPS) is 13.1. The lowest BCUT2D eigenvalue weighted by Crippen LogP contribution is -2.44. The SMILES string of the molecule is CN=C(C[N+](=O)[O-])NCCn1c(=Nc2c(C)cc(C)cc2C)cc2n(c1=O)CCc1cc(OC)c(OC)cc1-2. The first-order chi connectivity index (χ1) is 18.7. The summed E-state index contributed by atoms with van der Waals surface area (Å²) in [6, 6.07) is 9.92. The monoisotopic (exact) mass is 534 g/mol. The fourth-order valence-electron chi connectivity index (χ4n) is 5.07. The molecule has 3 aromatic rings. The van der Waals surface area contributed by atoms with Gasteiger partial charge in [-0.25, -0.2) is 9.79 Å². The number of nitrogens with zero attached hydrogens (tertiary/aromatic N) is 5. The van der Waals surface area contributed by atoms with Crippen molar-refractivity contribution in [3.8, 4) is 22.8 Å². The van der Waals surface area contributed by atoms with Gasteiger partial charge in [-0.2, -0.15) is 0 Å². The first-order valence-corrected chi connectivity index (χ1v) is 12.7. The number of rotatable bonds is 8. The molecule has 0 unspecified atom stereocenters. The van der Waals surface area contributed by atoms with Crippen LogP contribution in [0, 0.1) is 30.9 Å². The second-order valence-corrected chi connectivity index (χ2v) is 9.54. The molecule has 1 N–H and O–H groups in total. The van der Waals surface area contributed by atoms with Crippen LogP contribution in [-0.4, -0.2) is 54.2 Å². The molecule has 39 heavy (non-hydrogen) atoms. The lowest BCUT2D eigenvalue weighted by Gasteiger charge is -2.24. The standard InChI is InChI=1S/C28H34N6O5/c1-17-11-18(2)27(19(3)12-17)31-26-15-22-21-14-24(39-6)23(38-5)13-20(21)7-9-32(22)28(35)33(26)10-8-30-25(29-4)16-34(36)37/h11-15H,7-10,16H2,1-6H3,(H,29,30). The van der Waals surface area contributed by atoms with E-state index in [9.17, 15) is 14.9 Å². The minimum absolute atomic E-state index is 0.208. The second kappa shape index (κ2) is 11.5. The molecule has 0 radical (unpaired) electrons. The molecule has 11 nitrogen and oxygen atoms in total. The highest BCUT2D eigenvalue weighted by atomic mass is 16.6. The molecule has 0 bridgehead atoms. The molecule has 4 rings (SSSR count). The van der Waals surface area contributed by atoms with Crippen LogP contribution < -0.4 is 26.0 Å². The summed E-state index contributed by atoms with van der Waals surface area (Å²) in [5.74, 6) is 1.47. The number of nitro groups is 1. The third kappa shape index (κ3) is 5.71. The van der Waals surface area contributed by atoms with Crippen LogP contribution in [0.4, 0.5) is 5.69 Å². The average molecular weight is 535 g/mol. The van der Waals surface area contributed by atoms with Crippen molar-refractivity contribution >= 4 is 11.5 Å². The van der Waals surface area contributed by atoms with Gasteiger partial charge in [-0.05, 0) is 56.0 Å².